The van der Waals surface area contributed by atoms with Crippen LogP contribution in [-0.4, -0.2) is 22.0 Å². The summed E-state index contributed by atoms with van der Waals surface area (Å²) in [5.41, 5.74) is 3.24. The first kappa shape index (κ1) is 16.2. The molecule has 0 aliphatic rings. The summed E-state index contributed by atoms with van der Waals surface area (Å²) >= 11 is 6.98. The Morgan fingerprint density at radius 1 is 1.17 bits per heavy atom. The number of ether oxygens (including phenoxy) is 1. The third-order valence-corrected chi connectivity index (χ3v) is 4.30. The predicted octanol–water partition coefficient (Wildman–Crippen LogP) is 5.32. The molecule has 1 aromatic heterocycles. The van der Waals surface area contributed by atoms with Gasteiger partial charge in [0.25, 0.3) is 0 Å². The highest BCUT2D eigenvalue weighted by Crippen LogP contribution is 2.29. The minimum absolute atomic E-state index is 0.131. The number of halogens is 2. The molecule has 1 N–H and O–H groups in total. The highest BCUT2D eigenvalue weighted by Gasteiger charge is 2.12. The monoisotopic (exact) mass is 436 g/mol. The topological polar surface area (TPSA) is 55.0 Å². The average Bonchev–Trinajstić information content (AvgIpc) is 2.91. The Bertz CT molecular complexity index is 870. The van der Waals surface area contributed by atoms with Crippen molar-refractivity contribution < 1.29 is 9.53 Å². The minimum Gasteiger partial charge on any atom is -0.459 e. The summed E-state index contributed by atoms with van der Waals surface area (Å²) in [5, 5.41) is 0. The molecule has 0 saturated carbocycles. The van der Waals surface area contributed by atoms with Crippen LogP contribution in [0.5, 0.6) is 0 Å². The van der Waals surface area contributed by atoms with Crippen molar-refractivity contribution >= 4 is 48.9 Å². The van der Waals surface area contributed by atoms with Gasteiger partial charge in [0.05, 0.1) is 17.2 Å². The molecular formula is C17H14Br2N2O2. The molecule has 6 heteroatoms. The van der Waals surface area contributed by atoms with Crippen molar-refractivity contribution in [1.29, 1.82) is 0 Å². The smallest absolute Gasteiger partial charge is 0.338 e. The lowest BCUT2D eigenvalue weighted by Gasteiger charge is -2.07. The van der Waals surface area contributed by atoms with E-state index < -0.39 is 0 Å². The van der Waals surface area contributed by atoms with Gasteiger partial charge in [0.1, 0.15) is 11.3 Å². The van der Waals surface area contributed by atoms with Crippen LogP contribution in [0.15, 0.2) is 45.3 Å². The molecule has 0 fully saturated rings. The van der Waals surface area contributed by atoms with Crippen molar-refractivity contribution in [3.8, 4) is 11.4 Å². The Hall–Kier alpha value is -1.66. The van der Waals surface area contributed by atoms with Crippen LogP contribution in [0, 0.1) is 0 Å². The van der Waals surface area contributed by atoms with Gasteiger partial charge < -0.3 is 9.72 Å². The molecular weight excluding hydrogens is 424 g/mol. The first-order chi connectivity index (χ1) is 10.9. The molecule has 2 aromatic carbocycles. The minimum atomic E-state index is -0.317. The first-order valence-electron chi connectivity index (χ1n) is 7.10. The quantitative estimate of drug-likeness (QED) is 0.564. The zero-order valence-corrected chi connectivity index (χ0v) is 15.7. The number of rotatable bonds is 3. The van der Waals surface area contributed by atoms with E-state index in [4.69, 9.17) is 4.74 Å². The molecule has 0 aliphatic carbocycles. The van der Waals surface area contributed by atoms with Crippen LogP contribution in [0.4, 0.5) is 0 Å². The largest absolute Gasteiger partial charge is 0.459 e. The fraction of sp³-hybridized carbons (Fsp3) is 0.176. The lowest BCUT2D eigenvalue weighted by molar-refractivity contribution is 0.0378. The molecule has 0 saturated heterocycles. The molecule has 0 amide bonds. The fourth-order valence-electron chi connectivity index (χ4n) is 2.23. The first-order valence-corrected chi connectivity index (χ1v) is 8.69. The van der Waals surface area contributed by atoms with Crippen molar-refractivity contribution in [2.45, 2.75) is 20.0 Å². The second-order valence-electron chi connectivity index (χ2n) is 5.40. The van der Waals surface area contributed by atoms with E-state index >= 15 is 0 Å². The maximum absolute atomic E-state index is 11.9. The van der Waals surface area contributed by atoms with Crippen molar-refractivity contribution in [3.63, 3.8) is 0 Å². The Morgan fingerprint density at radius 3 is 2.52 bits per heavy atom. The number of aromatic amines is 1. The van der Waals surface area contributed by atoms with E-state index in [-0.39, 0.29) is 12.1 Å². The zero-order chi connectivity index (χ0) is 16.6. The molecule has 0 radical (unpaired) electrons. The Kier molecular flexibility index (Phi) is 4.55. The number of hydrogen-bond acceptors (Lipinski definition) is 3. The van der Waals surface area contributed by atoms with Crippen LogP contribution in [0.2, 0.25) is 0 Å². The molecule has 3 rings (SSSR count). The summed E-state index contributed by atoms with van der Waals surface area (Å²) in [4.78, 5) is 19.8. The molecule has 23 heavy (non-hydrogen) atoms. The molecule has 0 aliphatic heterocycles. The maximum atomic E-state index is 11.9. The molecule has 0 atom stereocenters. The van der Waals surface area contributed by atoms with E-state index in [2.05, 4.69) is 41.8 Å². The van der Waals surface area contributed by atoms with E-state index in [1.807, 2.05) is 38.1 Å². The Morgan fingerprint density at radius 2 is 1.87 bits per heavy atom. The van der Waals surface area contributed by atoms with Crippen LogP contribution in [0.1, 0.15) is 24.2 Å². The molecule has 4 nitrogen and oxygen atoms in total. The van der Waals surface area contributed by atoms with E-state index in [0.717, 1.165) is 31.4 Å². The second kappa shape index (κ2) is 6.45. The van der Waals surface area contributed by atoms with Crippen LogP contribution in [0.25, 0.3) is 22.4 Å². The summed E-state index contributed by atoms with van der Waals surface area (Å²) in [6.07, 6.45) is -0.131. The van der Waals surface area contributed by atoms with Gasteiger partial charge in [0, 0.05) is 14.5 Å². The molecule has 0 spiro atoms. The van der Waals surface area contributed by atoms with Gasteiger partial charge in [-0.05, 0) is 54.0 Å². The van der Waals surface area contributed by atoms with Crippen molar-refractivity contribution in [2.75, 3.05) is 0 Å². The number of nitrogens with zero attached hydrogens (tertiary/aromatic N) is 1. The number of aromatic nitrogens is 2. The van der Waals surface area contributed by atoms with Crippen molar-refractivity contribution in [2.24, 2.45) is 0 Å². The number of esters is 1. The van der Waals surface area contributed by atoms with Crippen LogP contribution < -0.4 is 0 Å². The number of fused-ring (bicyclic) bond motifs is 1. The number of carbonyl (C=O) groups excluding carboxylic acids is 1. The lowest BCUT2D eigenvalue weighted by Crippen LogP contribution is -2.11. The SMILES string of the molecule is CC(C)OC(=O)c1ccc(-c2nc3c(Br)cc(Br)cc3[nH]2)cc1. The maximum Gasteiger partial charge on any atom is 0.338 e. The Labute approximate surface area is 150 Å². The van der Waals surface area contributed by atoms with Crippen molar-refractivity contribution in [1.82, 2.24) is 9.97 Å². The molecule has 0 bridgehead atoms. The number of imidazole rings is 1. The van der Waals surface area contributed by atoms with Crippen LogP contribution in [0.3, 0.4) is 0 Å². The number of benzene rings is 2. The van der Waals surface area contributed by atoms with Gasteiger partial charge in [-0.2, -0.15) is 0 Å². The summed E-state index contributed by atoms with van der Waals surface area (Å²) in [7, 11) is 0. The normalized spacial score (nSPS) is 11.2. The van der Waals surface area contributed by atoms with E-state index in [1.54, 1.807) is 12.1 Å². The van der Waals surface area contributed by atoms with Gasteiger partial charge in [-0.15, -0.1) is 0 Å². The standard InChI is InChI=1S/C17H14Br2N2O2/c1-9(2)23-17(22)11-5-3-10(4-6-11)16-20-14-8-12(18)7-13(19)15(14)21-16/h3-9H,1-2H3,(H,20,21). The highest BCUT2D eigenvalue weighted by molar-refractivity contribution is 9.11. The number of hydrogen-bond donors (Lipinski definition) is 1. The van der Waals surface area contributed by atoms with Crippen molar-refractivity contribution in [3.05, 3.63) is 50.9 Å². The number of H-pyrrole nitrogens is 1. The van der Waals surface area contributed by atoms with Gasteiger partial charge in [0.2, 0.25) is 0 Å². The molecule has 0 unspecified atom stereocenters. The van der Waals surface area contributed by atoms with E-state index in [9.17, 15) is 4.79 Å². The van der Waals surface area contributed by atoms with E-state index in [1.165, 1.54) is 0 Å². The second-order valence-corrected chi connectivity index (χ2v) is 7.17. The zero-order valence-electron chi connectivity index (χ0n) is 12.6. The third kappa shape index (κ3) is 3.48. The van der Waals surface area contributed by atoms with Gasteiger partial charge in [0.15, 0.2) is 0 Å². The predicted molar refractivity (Wildman–Crippen MR) is 97.5 cm³/mol. The lowest BCUT2D eigenvalue weighted by atomic mass is 10.1. The summed E-state index contributed by atoms with van der Waals surface area (Å²) in [6.45, 7) is 3.66. The number of nitrogens with one attached hydrogen (secondary N) is 1. The molecule has 1 heterocycles. The van der Waals surface area contributed by atoms with Crippen LogP contribution in [-0.2, 0) is 4.74 Å². The molecule has 3 aromatic rings. The fourth-order valence-corrected chi connectivity index (χ4v) is 3.54. The number of carbonyl (C=O) groups is 1. The van der Waals surface area contributed by atoms with E-state index in [0.29, 0.717) is 5.56 Å². The summed E-state index contributed by atoms with van der Waals surface area (Å²) < 4.78 is 7.07. The van der Waals surface area contributed by atoms with Gasteiger partial charge >= 0.3 is 5.97 Å². The summed E-state index contributed by atoms with van der Waals surface area (Å²) in [5.74, 6) is 0.436. The summed E-state index contributed by atoms with van der Waals surface area (Å²) in [6, 6.07) is 11.1. The Balaban J connectivity index is 1.93. The third-order valence-electron chi connectivity index (χ3n) is 3.24. The average molecular weight is 438 g/mol. The molecule has 118 valence electrons. The van der Waals surface area contributed by atoms with Crippen LogP contribution >= 0.6 is 31.9 Å². The highest BCUT2D eigenvalue weighted by atomic mass is 79.9. The van der Waals surface area contributed by atoms with Gasteiger partial charge in [-0.3, -0.25) is 0 Å². The van der Waals surface area contributed by atoms with Gasteiger partial charge in [-0.25, -0.2) is 9.78 Å². The van der Waals surface area contributed by atoms with Gasteiger partial charge in [-0.1, -0.05) is 28.1 Å².